The van der Waals surface area contributed by atoms with Gasteiger partial charge in [-0.2, -0.15) is 9.13 Å². The molecule has 4 aromatic heterocycles. The van der Waals surface area contributed by atoms with Crippen molar-refractivity contribution in [3.05, 3.63) is 171 Å². The molecule has 0 spiro atoms. The van der Waals surface area contributed by atoms with Gasteiger partial charge in [0.2, 0.25) is 12.7 Å². The number of rotatable bonds is 4. The van der Waals surface area contributed by atoms with Gasteiger partial charge in [-0.05, 0) is 83.8 Å². The second-order valence-corrected chi connectivity index (χ2v) is 12.4. The number of hydrogen-bond donors (Lipinski definition) is 0. The summed E-state index contributed by atoms with van der Waals surface area (Å²) >= 11 is 2.15. The first kappa shape index (κ1) is 33.1. The molecule has 4 heterocycles. The Bertz CT molecular complexity index is 2640. The third-order valence-electron chi connectivity index (χ3n) is 9.30. The van der Waals surface area contributed by atoms with E-state index in [1.54, 1.807) is 0 Å². The Hall–Kier alpha value is -6.07. The molecule has 0 aliphatic heterocycles. The molecule has 10 aromatic rings. The van der Waals surface area contributed by atoms with Crippen LogP contribution in [0.5, 0.6) is 0 Å². The van der Waals surface area contributed by atoms with E-state index in [9.17, 15) is 0 Å². The number of para-hydroxylation sites is 8. The van der Waals surface area contributed by atoms with Crippen LogP contribution in [0, 0.1) is 0 Å². The van der Waals surface area contributed by atoms with E-state index in [0.717, 1.165) is 44.8 Å². The van der Waals surface area contributed by atoms with Crippen molar-refractivity contribution in [3.63, 3.8) is 0 Å². The van der Waals surface area contributed by atoms with Crippen molar-refractivity contribution in [2.24, 2.45) is 14.1 Å². The van der Waals surface area contributed by atoms with E-state index in [-0.39, 0.29) is 0 Å². The Morgan fingerprint density at radius 2 is 0.750 bits per heavy atom. The standard InChI is InChI=1S/C22H20N4.C20H14N4.CH3I/c1-23-15-25(21-12-5-3-10-19(21)23)17-8-7-9-18(14-17)26-16-24(2)20-11-4-6-13-22(20)26;1-3-10-19-17(8-1)21-13-23(19)15-6-5-7-16(12-15)24-14-22-18-9-2-4-11-20(18)24;1-2/h3-16H,1-2H3;1-14H;1H3/q+2;;. The molecular weight excluding hydrogens is 755 g/mol. The molecule has 0 fully saturated rings. The predicted molar refractivity (Wildman–Crippen MR) is 218 cm³/mol. The fourth-order valence-corrected chi connectivity index (χ4v) is 6.85. The van der Waals surface area contributed by atoms with Crippen LogP contribution in [0.15, 0.2) is 171 Å². The molecule has 0 atom stereocenters. The van der Waals surface area contributed by atoms with Gasteiger partial charge in [0, 0.05) is 17.4 Å². The lowest BCUT2D eigenvalue weighted by Crippen LogP contribution is -2.25. The van der Waals surface area contributed by atoms with Gasteiger partial charge in [-0.1, -0.05) is 83.3 Å². The fourth-order valence-electron chi connectivity index (χ4n) is 6.85. The van der Waals surface area contributed by atoms with Crippen LogP contribution >= 0.6 is 22.6 Å². The summed E-state index contributed by atoms with van der Waals surface area (Å²) in [6, 6.07) is 50.3. The molecule has 254 valence electrons. The van der Waals surface area contributed by atoms with Crippen LogP contribution in [-0.4, -0.2) is 33.2 Å². The Labute approximate surface area is 315 Å². The number of fused-ring (bicyclic) bond motifs is 4. The number of nitrogens with zero attached hydrogens (tertiary/aromatic N) is 8. The molecule has 0 aliphatic rings. The minimum atomic E-state index is 0.996. The molecule has 0 saturated heterocycles. The van der Waals surface area contributed by atoms with Gasteiger partial charge in [0.05, 0.1) is 36.2 Å². The molecule has 0 radical (unpaired) electrons. The molecule has 0 saturated carbocycles. The fraction of sp³-hybridized carbons (Fsp3) is 0.0698. The average Bonchev–Trinajstić information content (AvgIpc) is 4.00. The highest BCUT2D eigenvalue weighted by Gasteiger charge is 2.18. The van der Waals surface area contributed by atoms with Crippen molar-refractivity contribution in [1.29, 1.82) is 0 Å². The lowest BCUT2D eigenvalue weighted by molar-refractivity contribution is -0.645. The Morgan fingerprint density at radius 3 is 1.17 bits per heavy atom. The second-order valence-electron chi connectivity index (χ2n) is 12.4. The summed E-state index contributed by atoms with van der Waals surface area (Å²) in [5.41, 5.74) is 13.5. The zero-order valence-corrected chi connectivity index (χ0v) is 31.3. The Balaban J connectivity index is 0.000000143. The van der Waals surface area contributed by atoms with Crippen LogP contribution < -0.4 is 9.13 Å². The third-order valence-corrected chi connectivity index (χ3v) is 9.30. The molecule has 6 aromatic carbocycles. The molecule has 0 unspecified atom stereocenters. The van der Waals surface area contributed by atoms with Crippen molar-refractivity contribution in [1.82, 2.24) is 28.2 Å². The largest absolute Gasteiger partial charge is 0.299 e. The molecule has 8 nitrogen and oxygen atoms in total. The van der Waals surface area contributed by atoms with Crippen molar-refractivity contribution in [2.45, 2.75) is 0 Å². The highest BCUT2D eigenvalue weighted by Crippen LogP contribution is 2.24. The van der Waals surface area contributed by atoms with Gasteiger partial charge < -0.3 is 0 Å². The van der Waals surface area contributed by atoms with Gasteiger partial charge in [-0.15, -0.1) is 0 Å². The molecule has 0 amide bonds. The maximum atomic E-state index is 4.48. The van der Waals surface area contributed by atoms with Gasteiger partial charge in [0.15, 0.2) is 22.1 Å². The van der Waals surface area contributed by atoms with E-state index in [4.69, 9.17) is 0 Å². The minimum absolute atomic E-state index is 0.996. The predicted octanol–water partition coefficient (Wildman–Crippen LogP) is 8.64. The van der Waals surface area contributed by atoms with Crippen molar-refractivity contribution >= 4 is 66.7 Å². The number of aromatic nitrogens is 8. The topological polar surface area (TPSA) is 53.3 Å². The number of benzene rings is 6. The van der Waals surface area contributed by atoms with Crippen molar-refractivity contribution < 1.29 is 9.13 Å². The molecule has 52 heavy (non-hydrogen) atoms. The Kier molecular flexibility index (Phi) is 9.09. The van der Waals surface area contributed by atoms with Crippen LogP contribution in [0.25, 0.3) is 66.9 Å². The first-order valence-corrected chi connectivity index (χ1v) is 19.1. The van der Waals surface area contributed by atoms with E-state index in [0.29, 0.717) is 0 Å². The lowest BCUT2D eigenvalue weighted by atomic mass is 10.2. The summed E-state index contributed by atoms with van der Waals surface area (Å²) in [4.78, 5) is 10.9. The normalized spacial score (nSPS) is 11.1. The molecule has 0 bridgehead atoms. The monoisotopic (exact) mass is 792 g/mol. The number of imidazole rings is 4. The summed E-state index contributed by atoms with van der Waals surface area (Å²) in [5, 5.41) is 0. The van der Waals surface area contributed by atoms with Gasteiger partial charge in [-0.3, -0.25) is 9.13 Å². The van der Waals surface area contributed by atoms with Gasteiger partial charge in [0.25, 0.3) is 0 Å². The van der Waals surface area contributed by atoms with Gasteiger partial charge >= 0.3 is 0 Å². The maximum Gasteiger partial charge on any atom is 0.249 e. The molecular formula is C43H37IN8+2. The van der Waals surface area contributed by atoms with Gasteiger partial charge in [0.1, 0.15) is 24.0 Å². The number of alkyl halides is 1. The zero-order valence-electron chi connectivity index (χ0n) is 29.1. The summed E-state index contributed by atoms with van der Waals surface area (Å²) in [5.74, 6) is 0. The smallest absolute Gasteiger partial charge is 0.249 e. The first-order valence-electron chi connectivity index (χ1n) is 17.0. The number of aryl methyl sites for hydroxylation is 2. The lowest BCUT2D eigenvalue weighted by Gasteiger charge is -2.09. The van der Waals surface area contributed by atoms with E-state index in [1.807, 2.05) is 54.0 Å². The Morgan fingerprint density at radius 1 is 0.404 bits per heavy atom. The summed E-state index contributed by atoms with van der Waals surface area (Å²) < 4.78 is 13.0. The summed E-state index contributed by atoms with van der Waals surface area (Å²) in [6.45, 7) is 0. The quantitative estimate of drug-likeness (QED) is 0.102. The average molecular weight is 793 g/mol. The molecule has 0 aliphatic carbocycles. The molecule has 9 heteroatoms. The minimum Gasteiger partial charge on any atom is -0.299 e. The SMILES string of the molecule is CI.C[n+]1cn(-c2cccc(-n3c[n+](C)c4ccccc43)c2)c2ccccc21.c1cc(-n2cnc3ccccc32)cc(-n2cnc3ccccc32)c1. The van der Waals surface area contributed by atoms with E-state index >= 15 is 0 Å². The van der Waals surface area contributed by atoms with Crippen molar-refractivity contribution in [3.8, 4) is 22.7 Å². The second kappa shape index (κ2) is 14.3. The van der Waals surface area contributed by atoms with Crippen LogP contribution in [-0.2, 0) is 14.1 Å². The van der Waals surface area contributed by atoms with Crippen molar-refractivity contribution in [2.75, 3.05) is 4.93 Å². The molecule has 0 N–H and O–H groups in total. The van der Waals surface area contributed by atoms with E-state index in [2.05, 4.69) is 196 Å². The molecule has 10 rings (SSSR count). The highest BCUT2D eigenvalue weighted by atomic mass is 127. The van der Waals surface area contributed by atoms with Gasteiger partial charge in [-0.25, -0.2) is 19.1 Å². The van der Waals surface area contributed by atoms with Crippen LogP contribution in [0.2, 0.25) is 0 Å². The first-order chi connectivity index (χ1) is 25.6. The van der Waals surface area contributed by atoms with Crippen LogP contribution in [0.3, 0.4) is 0 Å². The number of halogens is 1. The maximum absolute atomic E-state index is 4.48. The van der Waals surface area contributed by atoms with Crippen LogP contribution in [0.1, 0.15) is 0 Å². The van der Waals surface area contributed by atoms with E-state index in [1.165, 1.54) is 22.1 Å². The highest BCUT2D eigenvalue weighted by molar-refractivity contribution is 14.1. The summed E-state index contributed by atoms with van der Waals surface area (Å²) in [6.07, 6.45) is 8.01. The van der Waals surface area contributed by atoms with E-state index < -0.39 is 0 Å². The summed E-state index contributed by atoms with van der Waals surface area (Å²) in [7, 11) is 4.17. The number of hydrogen-bond acceptors (Lipinski definition) is 2. The third kappa shape index (κ3) is 6.02. The van der Waals surface area contributed by atoms with Crippen LogP contribution in [0.4, 0.5) is 0 Å². The zero-order chi connectivity index (χ0) is 35.6.